The summed E-state index contributed by atoms with van der Waals surface area (Å²) in [4.78, 5) is 15.1. The molecule has 1 fully saturated rings. The molecule has 2 aromatic heterocycles. The molecule has 0 aromatic carbocycles. The van der Waals surface area contributed by atoms with Crippen molar-refractivity contribution in [2.45, 2.75) is 25.8 Å². The number of hydrogen-bond donors (Lipinski definition) is 1. The maximum atomic E-state index is 5.97. The fourth-order valence-electron chi connectivity index (χ4n) is 2.21. The molecule has 1 aliphatic rings. The molecule has 0 bridgehead atoms. The van der Waals surface area contributed by atoms with Gasteiger partial charge in [-0.3, -0.25) is 0 Å². The van der Waals surface area contributed by atoms with Crippen LogP contribution in [0.1, 0.15) is 31.6 Å². The number of aromatic nitrogens is 5. The van der Waals surface area contributed by atoms with Crippen LogP contribution >= 0.6 is 12.4 Å². The molecular weight excluding hydrogens is 278 g/mol. The molecule has 20 heavy (non-hydrogen) atoms. The minimum absolute atomic E-state index is 0. The molecule has 108 valence electrons. The van der Waals surface area contributed by atoms with Crippen LogP contribution in [0.3, 0.4) is 0 Å². The van der Waals surface area contributed by atoms with Gasteiger partial charge in [-0.15, -0.1) is 17.5 Å². The van der Waals surface area contributed by atoms with E-state index in [1.807, 2.05) is 6.92 Å². The van der Waals surface area contributed by atoms with Gasteiger partial charge in [-0.05, 0) is 25.8 Å². The number of hydrogen-bond acceptors (Lipinski definition) is 6. The van der Waals surface area contributed by atoms with E-state index in [4.69, 9.17) is 5.73 Å². The summed E-state index contributed by atoms with van der Waals surface area (Å²) in [5.41, 5.74) is 5.97. The lowest BCUT2D eigenvalue weighted by Gasteiger charge is -2.10. The van der Waals surface area contributed by atoms with E-state index < -0.39 is 0 Å². The van der Waals surface area contributed by atoms with Gasteiger partial charge in [0.15, 0.2) is 5.82 Å². The predicted octanol–water partition coefficient (Wildman–Crippen LogP) is 1.10. The third kappa shape index (κ3) is 2.73. The van der Waals surface area contributed by atoms with Gasteiger partial charge in [-0.1, -0.05) is 0 Å². The van der Waals surface area contributed by atoms with Crippen molar-refractivity contribution in [3.8, 4) is 5.95 Å². The van der Waals surface area contributed by atoms with Crippen LogP contribution in [0.2, 0.25) is 0 Å². The summed E-state index contributed by atoms with van der Waals surface area (Å²) in [6.07, 6.45) is 5.74. The first-order chi connectivity index (χ1) is 9.25. The zero-order valence-electron chi connectivity index (χ0n) is 11.3. The van der Waals surface area contributed by atoms with Crippen molar-refractivity contribution in [2.24, 2.45) is 5.73 Å². The van der Waals surface area contributed by atoms with Crippen molar-refractivity contribution >= 4 is 18.4 Å². The normalized spacial score (nSPS) is 16.0. The molecular formula is C12H18ClN7. The van der Waals surface area contributed by atoms with Gasteiger partial charge in [0.05, 0.1) is 6.04 Å². The topological polar surface area (TPSA) is 85.8 Å². The van der Waals surface area contributed by atoms with Gasteiger partial charge in [-0.25, -0.2) is 9.97 Å². The van der Waals surface area contributed by atoms with Crippen LogP contribution in [0.25, 0.3) is 5.95 Å². The number of anilines is 1. The number of rotatable bonds is 3. The van der Waals surface area contributed by atoms with Crippen LogP contribution in [0.5, 0.6) is 0 Å². The first kappa shape index (κ1) is 14.7. The molecule has 0 unspecified atom stereocenters. The Labute approximate surface area is 123 Å². The van der Waals surface area contributed by atoms with Gasteiger partial charge in [0, 0.05) is 25.5 Å². The molecule has 0 aliphatic carbocycles. The molecule has 1 saturated heterocycles. The molecule has 0 radical (unpaired) electrons. The Bertz CT molecular complexity index is 548. The van der Waals surface area contributed by atoms with Gasteiger partial charge < -0.3 is 10.6 Å². The second-order valence-corrected chi connectivity index (χ2v) is 4.71. The van der Waals surface area contributed by atoms with Crippen molar-refractivity contribution in [1.82, 2.24) is 24.7 Å². The Morgan fingerprint density at radius 2 is 1.80 bits per heavy atom. The number of nitrogens with zero attached hydrogens (tertiary/aromatic N) is 6. The molecule has 3 rings (SSSR count). The summed E-state index contributed by atoms with van der Waals surface area (Å²) in [7, 11) is 0. The predicted molar refractivity (Wildman–Crippen MR) is 78.2 cm³/mol. The molecule has 7 nitrogen and oxygen atoms in total. The Hall–Kier alpha value is -1.73. The molecule has 1 aliphatic heterocycles. The van der Waals surface area contributed by atoms with E-state index >= 15 is 0 Å². The molecule has 0 saturated carbocycles. The minimum atomic E-state index is -0.215. The quantitative estimate of drug-likeness (QED) is 0.912. The van der Waals surface area contributed by atoms with Crippen molar-refractivity contribution in [3.63, 3.8) is 0 Å². The number of halogens is 1. The molecule has 0 amide bonds. The summed E-state index contributed by atoms with van der Waals surface area (Å²) in [5.74, 6) is 1.91. The van der Waals surface area contributed by atoms with E-state index in [2.05, 4.69) is 25.0 Å². The lowest BCUT2D eigenvalue weighted by Crippen LogP contribution is -2.19. The van der Waals surface area contributed by atoms with E-state index in [9.17, 15) is 0 Å². The molecule has 2 N–H and O–H groups in total. The zero-order valence-corrected chi connectivity index (χ0v) is 12.1. The highest BCUT2D eigenvalue weighted by atomic mass is 35.5. The largest absolute Gasteiger partial charge is 0.340 e. The average Bonchev–Trinajstić information content (AvgIpc) is 3.08. The maximum absolute atomic E-state index is 5.97. The highest BCUT2D eigenvalue weighted by molar-refractivity contribution is 5.85. The fraction of sp³-hybridized carbons (Fsp3) is 0.500. The highest BCUT2D eigenvalue weighted by Crippen LogP contribution is 2.20. The standard InChI is InChI=1S/C12H17N7.ClH/c1-9(13)10-16-12(18-7-2-3-8-18)17-19(10)11-14-5-4-6-15-11;/h4-6,9H,2-3,7-8,13H2,1H3;1H/t9-;/m0./s1. The van der Waals surface area contributed by atoms with Crippen LogP contribution in [-0.4, -0.2) is 37.8 Å². The van der Waals surface area contributed by atoms with Crippen molar-refractivity contribution in [1.29, 1.82) is 0 Å². The summed E-state index contributed by atoms with van der Waals surface area (Å²) in [6, 6.07) is 1.56. The molecule has 1 atom stereocenters. The molecule has 3 heterocycles. The first-order valence-electron chi connectivity index (χ1n) is 6.50. The summed E-state index contributed by atoms with van der Waals surface area (Å²) < 4.78 is 1.64. The van der Waals surface area contributed by atoms with Gasteiger partial charge in [-0.2, -0.15) is 9.67 Å². The van der Waals surface area contributed by atoms with Crippen LogP contribution in [0.15, 0.2) is 18.5 Å². The van der Waals surface area contributed by atoms with Gasteiger partial charge in [0.1, 0.15) is 0 Å². The maximum Gasteiger partial charge on any atom is 0.252 e. The third-order valence-corrected chi connectivity index (χ3v) is 3.16. The van der Waals surface area contributed by atoms with E-state index in [0.717, 1.165) is 19.0 Å². The minimum Gasteiger partial charge on any atom is -0.340 e. The molecule has 8 heteroatoms. The second kappa shape index (κ2) is 6.15. The second-order valence-electron chi connectivity index (χ2n) is 4.71. The average molecular weight is 296 g/mol. The van der Waals surface area contributed by atoms with Crippen molar-refractivity contribution in [3.05, 3.63) is 24.3 Å². The Balaban J connectivity index is 0.00000147. The summed E-state index contributed by atoms with van der Waals surface area (Å²) in [5, 5.41) is 4.51. The molecule has 2 aromatic rings. The van der Waals surface area contributed by atoms with Crippen molar-refractivity contribution in [2.75, 3.05) is 18.0 Å². The lowest BCUT2D eigenvalue weighted by molar-refractivity contribution is 0.668. The van der Waals surface area contributed by atoms with Crippen LogP contribution in [0.4, 0.5) is 5.95 Å². The van der Waals surface area contributed by atoms with Gasteiger partial charge in [0.25, 0.3) is 5.95 Å². The van der Waals surface area contributed by atoms with E-state index in [-0.39, 0.29) is 18.4 Å². The third-order valence-electron chi connectivity index (χ3n) is 3.16. The fourth-order valence-corrected chi connectivity index (χ4v) is 2.21. The van der Waals surface area contributed by atoms with Gasteiger partial charge >= 0.3 is 0 Å². The molecule has 0 spiro atoms. The SMILES string of the molecule is C[C@H](N)c1nc(N2CCCC2)nn1-c1ncccn1.Cl. The van der Waals surface area contributed by atoms with Crippen LogP contribution < -0.4 is 10.6 Å². The van der Waals surface area contributed by atoms with Gasteiger partial charge in [0.2, 0.25) is 5.95 Å². The summed E-state index contributed by atoms with van der Waals surface area (Å²) >= 11 is 0. The lowest BCUT2D eigenvalue weighted by atomic mass is 10.3. The first-order valence-corrected chi connectivity index (χ1v) is 6.50. The Morgan fingerprint density at radius 3 is 2.40 bits per heavy atom. The number of nitrogens with two attached hydrogens (primary N) is 1. The monoisotopic (exact) mass is 295 g/mol. The highest BCUT2D eigenvalue weighted by Gasteiger charge is 2.22. The van der Waals surface area contributed by atoms with E-state index in [1.54, 1.807) is 23.1 Å². The Kier molecular flexibility index (Phi) is 4.51. The smallest absolute Gasteiger partial charge is 0.252 e. The van der Waals surface area contributed by atoms with Crippen molar-refractivity contribution < 1.29 is 0 Å². The van der Waals surface area contributed by atoms with Crippen LogP contribution in [-0.2, 0) is 0 Å². The Morgan fingerprint density at radius 1 is 1.15 bits per heavy atom. The van der Waals surface area contributed by atoms with E-state index in [1.165, 1.54) is 12.8 Å². The summed E-state index contributed by atoms with van der Waals surface area (Å²) in [6.45, 7) is 3.88. The van der Waals surface area contributed by atoms with Crippen LogP contribution in [0, 0.1) is 0 Å². The van der Waals surface area contributed by atoms with E-state index in [0.29, 0.717) is 11.8 Å². The zero-order chi connectivity index (χ0) is 13.2.